The van der Waals surface area contributed by atoms with Crippen molar-refractivity contribution in [2.24, 2.45) is 5.73 Å². The van der Waals surface area contributed by atoms with E-state index in [2.05, 4.69) is 6.58 Å². The monoisotopic (exact) mass is 247 g/mol. The zero-order chi connectivity index (χ0) is 10.6. The molecule has 14 heavy (non-hydrogen) atoms. The standard InChI is InChI=1S/C10H11Cl2NS/c1-7(5-13)6-14-10-4-8(11)2-3-9(10)12/h2-4H,1,5-6,13H2. The van der Waals surface area contributed by atoms with Crippen molar-refractivity contribution >= 4 is 35.0 Å². The minimum absolute atomic E-state index is 0.505. The average Bonchev–Trinajstić information content (AvgIpc) is 2.19. The minimum Gasteiger partial charge on any atom is -0.327 e. The van der Waals surface area contributed by atoms with Crippen LogP contribution < -0.4 is 5.73 Å². The zero-order valence-electron chi connectivity index (χ0n) is 7.59. The van der Waals surface area contributed by atoms with Crippen molar-refractivity contribution in [2.45, 2.75) is 4.90 Å². The van der Waals surface area contributed by atoms with E-state index in [0.29, 0.717) is 16.6 Å². The highest BCUT2D eigenvalue weighted by Gasteiger charge is 2.02. The number of rotatable bonds is 4. The van der Waals surface area contributed by atoms with Gasteiger partial charge in [-0.05, 0) is 18.2 Å². The normalized spacial score (nSPS) is 10.2. The smallest absolute Gasteiger partial charge is 0.0543 e. The van der Waals surface area contributed by atoms with Crippen LogP contribution in [0.5, 0.6) is 0 Å². The van der Waals surface area contributed by atoms with E-state index in [9.17, 15) is 0 Å². The Bertz CT molecular complexity index is 339. The summed E-state index contributed by atoms with van der Waals surface area (Å²) in [7, 11) is 0. The van der Waals surface area contributed by atoms with Crippen molar-refractivity contribution in [3.8, 4) is 0 Å². The molecule has 0 radical (unpaired) electrons. The highest BCUT2D eigenvalue weighted by molar-refractivity contribution is 7.99. The molecular weight excluding hydrogens is 237 g/mol. The number of benzene rings is 1. The maximum Gasteiger partial charge on any atom is 0.0543 e. The van der Waals surface area contributed by atoms with Crippen molar-refractivity contribution in [3.63, 3.8) is 0 Å². The van der Waals surface area contributed by atoms with Gasteiger partial charge in [0, 0.05) is 22.2 Å². The maximum atomic E-state index is 5.98. The van der Waals surface area contributed by atoms with Crippen LogP contribution in [0.3, 0.4) is 0 Å². The summed E-state index contributed by atoms with van der Waals surface area (Å²) >= 11 is 13.4. The van der Waals surface area contributed by atoms with Crippen LogP contribution in [0.2, 0.25) is 10.0 Å². The van der Waals surface area contributed by atoms with Crippen molar-refractivity contribution in [2.75, 3.05) is 12.3 Å². The molecule has 0 bridgehead atoms. The van der Waals surface area contributed by atoms with Gasteiger partial charge in [0.25, 0.3) is 0 Å². The molecule has 0 aliphatic carbocycles. The summed E-state index contributed by atoms with van der Waals surface area (Å²) < 4.78 is 0. The quantitative estimate of drug-likeness (QED) is 0.650. The molecule has 0 saturated heterocycles. The summed E-state index contributed by atoms with van der Waals surface area (Å²) in [4.78, 5) is 0.966. The van der Waals surface area contributed by atoms with Crippen molar-refractivity contribution < 1.29 is 0 Å². The molecule has 1 aromatic carbocycles. The number of nitrogens with two attached hydrogens (primary N) is 1. The molecule has 2 N–H and O–H groups in total. The molecule has 0 unspecified atom stereocenters. The van der Waals surface area contributed by atoms with Crippen LogP contribution in [0.25, 0.3) is 0 Å². The third-order valence-electron chi connectivity index (χ3n) is 1.61. The van der Waals surface area contributed by atoms with Gasteiger partial charge in [0.15, 0.2) is 0 Å². The molecule has 1 aromatic rings. The third-order valence-corrected chi connectivity index (χ3v) is 3.49. The van der Waals surface area contributed by atoms with Gasteiger partial charge in [-0.2, -0.15) is 0 Å². The summed E-state index contributed by atoms with van der Waals surface area (Å²) in [6.45, 7) is 4.32. The van der Waals surface area contributed by atoms with Gasteiger partial charge in [-0.3, -0.25) is 0 Å². The lowest BCUT2D eigenvalue weighted by Gasteiger charge is -2.05. The van der Waals surface area contributed by atoms with Gasteiger partial charge in [0.1, 0.15) is 0 Å². The Hall–Kier alpha value is -0.150. The molecule has 0 aliphatic rings. The predicted molar refractivity (Wildman–Crippen MR) is 65.4 cm³/mol. The molecule has 0 aromatic heterocycles. The summed E-state index contributed by atoms with van der Waals surface area (Å²) in [5, 5.41) is 1.40. The Morgan fingerprint density at radius 2 is 2.14 bits per heavy atom. The van der Waals surface area contributed by atoms with Crippen LogP contribution in [-0.4, -0.2) is 12.3 Å². The number of thioether (sulfide) groups is 1. The van der Waals surface area contributed by atoms with Gasteiger partial charge < -0.3 is 5.73 Å². The predicted octanol–water partition coefficient (Wildman–Crippen LogP) is 3.60. The molecule has 0 aliphatic heterocycles. The van der Waals surface area contributed by atoms with Crippen molar-refractivity contribution in [1.29, 1.82) is 0 Å². The van der Waals surface area contributed by atoms with Crippen LogP contribution >= 0.6 is 35.0 Å². The summed E-state index contributed by atoms with van der Waals surface area (Å²) in [6.07, 6.45) is 0. The van der Waals surface area contributed by atoms with Crippen LogP contribution in [0.4, 0.5) is 0 Å². The fourth-order valence-corrected chi connectivity index (χ4v) is 2.24. The van der Waals surface area contributed by atoms with Crippen LogP contribution in [0, 0.1) is 0 Å². The molecule has 1 rings (SSSR count). The summed E-state index contributed by atoms with van der Waals surface area (Å²) in [5.41, 5.74) is 6.42. The van der Waals surface area contributed by atoms with Gasteiger partial charge >= 0.3 is 0 Å². The minimum atomic E-state index is 0.505. The van der Waals surface area contributed by atoms with E-state index in [-0.39, 0.29) is 0 Å². The van der Waals surface area contributed by atoms with E-state index in [1.807, 2.05) is 6.07 Å². The molecule has 4 heteroatoms. The Morgan fingerprint density at radius 3 is 2.79 bits per heavy atom. The first-order valence-corrected chi connectivity index (χ1v) is 5.82. The first-order chi connectivity index (χ1) is 6.63. The molecule has 1 nitrogen and oxygen atoms in total. The first kappa shape index (κ1) is 11.9. The molecule has 76 valence electrons. The van der Waals surface area contributed by atoms with E-state index < -0.39 is 0 Å². The summed E-state index contributed by atoms with van der Waals surface area (Å²) in [5.74, 6) is 0.774. The maximum absolute atomic E-state index is 5.98. The topological polar surface area (TPSA) is 26.0 Å². The van der Waals surface area contributed by atoms with Crippen LogP contribution in [0.1, 0.15) is 0 Å². The van der Waals surface area contributed by atoms with Gasteiger partial charge in [0.2, 0.25) is 0 Å². The molecule has 0 saturated carbocycles. The molecule has 0 spiro atoms. The highest BCUT2D eigenvalue weighted by Crippen LogP contribution is 2.30. The van der Waals surface area contributed by atoms with E-state index in [1.54, 1.807) is 23.9 Å². The Kier molecular flexibility index (Phi) is 4.82. The number of hydrogen-bond donors (Lipinski definition) is 1. The van der Waals surface area contributed by atoms with Gasteiger partial charge in [-0.15, -0.1) is 11.8 Å². The second-order valence-electron chi connectivity index (χ2n) is 2.82. The van der Waals surface area contributed by atoms with Crippen LogP contribution in [-0.2, 0) is 0 Å². The van der Waals surface area contributed by atoms with Crippen molar-refractivity contribution in [1.82, 2.24) is 0 Å². The zero-order valence-corrected chi connectivity index (χ0v) is 9.92. The van der Waals surface area contributed by atoms with Gasteiger partial charge in [-0.1, -0.05) is 35.4 Å². The third kappa shape index (κ3) is 3.54. The molecule has 0 fully saturated rings. The molecular formula is C10H11Cl2NS. The fourth-order valence-electron chi connectivity index (χ4n) is 0.827. The Labute approximate surface area is 98.3 Å². The average molecular weight is 248 g/mol. The second-order valence-corrected chi connectivity index (χ2v) is 4.68. The van der Waals surface area contributed by atoms with Crippen LogP contribution in [0.15, 0.2) is 35.2 Å². The van der Waals surface area contributed by atoms with E-state index in [4.69, 9.17) is 28.9 Å². The summed E-state index contributed by atoms with van der Waals surface area (Å²) in [6, 6.07) is 5.40. The SMILES string of the molecule is C=C(CN)CSc1cc(Cl)ccc1Cl. The lowest BCUT2D eigenvalue weighted by molar-refractivity contribution is 1.15. The lowest BCUT2D eigenvalue weighted by atomic mass is 10.4. The van der Waals surface area contributed by atoms with Gasteiger partial charge in [0.05, 0.1) is 5.02 Å². The van der Waals surface area contributed by atoms with E-state index in [0.717, 1.165) is 16.2 Å². The molecule has 0 atom stereocenters. The first-order valence-electron chi connectivity index (χ1n) is 4.08. The second kappa shape index (κ2) is 5.66. The lowest BCUT2D eigenvalue weighted by Crippen LogP contribution is -2.03. The largest absolute Gasteiger partial charge is 0.327 e. The fraction of sp³-hybridized carbons (Fsp3) is 0.200. The number of halogens is 2. The highest BCUT2D eigenvalue weighted by atomic mass is 35.5. The van der Waals surface area contributed by atoms with Crippen molar-refractivity contribution in [3.05, 3.63) is 40.4 Å². The number of hydrogen-bond acceptors (Lipinski definition) is 2. The Balaban J connectivity index is 2.66. The van der Waals surface area contributed by atoms with Gasteiger partial charge in [-0.25, -0.2) is 0 Å². The molecule has 0 heterocycles. The van der Waals surface area contributed by atoms with E-state index >= 15 is 0 Å². The molecule has 0 amide bonds. The van der Waals surface area contributed by atoms with E-state index in [1.165, 1.54) is 0 Å². The Morgan fingerprint density at radius 1 is 1.43 bits per heavy atom.